The molecule has 33 heavy (non-hydrogen) atoms. The van der Waals surface area contributed by atoms with Gasteiger partial charge in [0.15, 0.2) is 0 Å². The summed E-state index contributed by atoms with van der Waals surface area (Å²) < 4.78 is 14.9. The molecule has 6 nitrogen and oxygen atoms in total. The van der Waals surface area contributed by atoms with Crippen molar-refractivity contribution in [1.29, 1.82) is 5.26 Å². The molecule has 7 heteroatoms. The van der Waals surface area contributed by atoms with Gasteiger partial charge in [-0.15, -0.1) is 0 Å². The lowest BCUT2D eigenvalue weighted by atomic mass is 9.84. The molecule has 1 unspecified atom stereocenters. The number of nitrogens with zero attached hydrogens (tertiary/aromatic N) is 1. The second-order valence-electron chi connectivity index (χ2n) is 9.77. The van der Waals surface area contributed by atoms with E-state index in [1.54, 1.807) is 17.4 Å². The Balaban J connectivity index is 1.14. The van der Waals surface area contributed by atoms with E-state index < -0.39 is 11.9 Å². The highest BCUT2D eigenvalue weighted by molar-refractivity contribution is 5.91. The molecular weight excluding hydrogens is 419 g/mol. The number of piperidine rings is 1. The molecule has 2 aliphatic heterocycles. The van der Waals surface area contributed by atoms with Crippen LogP contribution in [0, 0.1) is 28.5 Å². The van der Waals surface area contributed by atoms with E-state index in [1.807, 2.05) is 18.2 Å². The van der Waals surface area contributed by atoms with Gasteiger partial charge in [-0.1, -0.05) is 31.2 Å². The van der Waals surface area contributed by atoms with Crippen LogP contribution in [-0.2, 0) is 17.8 Å². The van der Waals surface area contributed by atoms with Crippen molar-refractivity contribution in [2.75, 3.05) is 0 Å². The first kappa shape index (κ1) is 20.3. The molecule has 1 saturated heterocycles. The quantitative estimate of drug-likeness (QED) is 0.611. The predicted octanol–water partition coefficient (Wildman–Crippen LogP) is 1.57. The molecule has 4 N–H and O–H groups in total. The number of quaternary nitrogens is 1. The highest BCUT2D eigenvalue weighted by Gasteiger charge is 2.63. The van der Waals surface area contributed by atoms with Crippen LogP contribution in [0.2, 0.25) is 0 Å². The van der Waals surface area contributed by atoms with Crippen molar-refractivity contribution in [1.82, 2.24) is 10.6 Å². The van der Waals surface area contributed by atoms with E-state index in [4.69, 9.17) is 0 Å². The number of allylic oxidation sites excluding steroid dienone is 1. The molecule has 5 atom stereocenters. The Hall–Kier alpha value is -3.34. The first-order chi connectivity index (χ1) is 15.9. The fraction of sp³-hybridized carbons (Fsp3) is 0.346. The molecule has 2 bridgehead atoms. The van der Waals surface area contributed by atoms with E-state index in [9.17, 15) is 19.2 Å². The number of nitrogens with two attached hydrogens (primary N) is 1. The molecule has 2 aromatic carbocycles. The van der Waals surface area contributed by atoms with E-state index >= 15 is 0 Å². The van der Waals surface area contributed by atoms with Crippen LogP contribution in [0.4, 0.5) is 4.39 Å². The van der Waals surface area contributed by atoms with Gasteiger partial charge in [0.05, 0.1) is 17.7 Å². The van der Waals surface area contributed by atoms with Crippen LogP contribution < -0.4 is 16.0 Å². The van der Waals surface area contributed by atoms with Gasteiger partial charge in [-0.2, -0.15) is 5.26 Å². The largest absolute Gasteiger partial charge is 0.343 e. The summed E-state index contributed by atoms with van der Waals surface area (Å²) in [6.07, 6.45) is 3.30. The second-order valence-corrected chi connectivity index (χ2v) is 9.77. The van der Waals surface area contributed by atoms with Crippen molar-refractivity contribution < 1.29 is 19.3 Å². The Morgan fingerprint density at radius 3 is 2.85 bits per heavy atom. The smallest absolute Gasteiger partial charge is 0.339 e. The van der Waals surface area contributed by atoms with E-state index in [0.717, 1.165) is 17.5 Å². The standard InChI is InChI=1S/C26H23FN4O2/c1-26-10-20(26)22-9-19(26)23(31-22)25(33)30-17(11-28)7-15-3-2-14(8-21(15)27)13-4-5-18-16(6-13)12-29-24(18)32/h2-6,8,10,17,19,22-23,31H,7,9,12H2,1H3,(H,29,32)(H,30,33)/p+1/t17-,19-,22-,23-,26?/m0/s1. The lowest BCUT2D eigenvalue weighted by Gasteiger charge is -2.28. The number of hydrogen-bond acceptors (Lipinski definition) is 4. The van der Waals surface area contributed by atoms with Gasteiger partial charge in [0.25, 0.3) is 0 Å². The second kappa shape index (κ2) is 7.08. The normalized spacial score (nSPS) is 29.2. The van der Waals surface area contributed by atoms with E-state index in [0.29, 0.717) is 23.2 Å². The number of carbonyl (C=O) groups excluding carboxylic acids is 2. The summed E-state index contributed by atoms with van der Waals surface area (Å²) in [6.45, 7) is 2.77. The lowest BCUT2D eigenvalue weighted by Crippen LogP contribution is -2.83. The predicted molar refractivity (Wildman–Crippen MR) is 118 cm³/mol. The Kier molecular flexibility index (Phi) is 4.35. The average molecular weight is 444 g/mol. The maximum Gasteiger partial charge on any atom is 0.343 e. The van der Waals surface area contributed by atoms with Gasteiger partial charge in [0.2, 0.25) is 5.91 Å². The molecule has 4 aliphatic rings. The van der Waals surface area contributed by atoms with E-state index in [-0.39, 0.29) is 41.7 Å². The summed E-state index contributed by atoms with van der Waals surface area (Å²) in [5.41, 5.74) is 5.06. The molecule has 2 fully saturated rings. The van der Waals surface area contributed by atoms with Crippen molar-refractivity contribution in [3.63, 3.8) is 0 Å². The molecule has 2 aromatic rings. The zero-order valence-electron chi connectivity index (χ0n) is 18.2. The first-order valence-electron chi connectivity index (χ1n) is 11.4. The van der Waals surface area contributed by atoms with Crippen molar-refractivity contribution >= 4 is 11.8 Å². The number of primary amides is 1. The summed E-state index contributed by atoms with van der Waals surface area (Å²) in [5, 5.41) is 17.4. The number of amides is 2. The van der Waals surface area contributed by atoms with Gasteiger partial charge in [-0.05, 0) is 52.8 Å². The molecule has 1 saturated carbocycles. The summed E-state index contributed by atoms with van der Waals surface area (Å²) in [6, 6.07) is 11.7. The van der Waals surface area contributed by atoms with Gasteiger partial charge < -0.3 is 5.32 Å². The number of benzene rings is 2. The molecule has 2 amide bonds. The maximum atomic E-state index is 14.9. The first-order valence-corrected chi connectivity index (χ1v) is 11.4. The minimum atomic E-state index is -0.806. The average Bonchev–Trinajstić information content (AvgIpc) is 3.10. The molecule has 2 heterocycles. The summed E-state index contributed by atoms with van der Waals surface area (Å²) in [5.74, 6) is -0.335. The molecule has 0 spiro atoms. The summed E-state index contributed by atoms with van der Waals surface area (Å²) in [4.78, 5) is 24.7. The Morgan fingerprint density at radius 1 is 1.33 bits per heavy atom. The van der Waals surface area contributed by atoms with Gasteiger partial charge in [-0.25, -0.2) is 9.18 Å². The Morgan fingerprint density at radius 2 is 2.12 bits per heavy atom. The van der Waals surface area contributed by atoms with Gasteiger partial charge in [0.1, 0.15) is 18.4 Å². The van der Waals surface area contributed by atoms with Gasteiger partial charge in [0, 0.05) is 23.4 Å². The third-order valence-corrected chi connectivity index (χ3v) is 7.86. The van der Waals surface area contributed by atoms with Crippen LogP contribution in [-0.4, -0.2) is 29.9 Å². The number of fused-ring (bicyclic) bond motifs is 6. The Labute approximate surface area is 190 Å². The topological polar surface area (TPSA) is 98.6 Å². The number of nitrogens with one attached hydrogen (secondary N) is 2. The van der Waals surface area contributed by atoms with Gasteiger partial charge >= 0.3 is 5.91 Å². The number of hydrogen-bond donors (Lipinski definition) is 3. The molecule has 2 aliphatic carbocycles. The van der Waals surface area contributed by atoms with E-state index in [2.05, 4.69) is 29.7 Å². The minimum absolute atomic E-state index is 0.0336. The fourth-order valence-electron chi connectivity index (χ4n) is 5.94. The lowest BCUT2D eigenvalue weighted by molar-refractivity contribution is -0.564. The molecule has 6 rings (SSSR count). The highest BCUT2D eigenvalue weighted by atomic mass is 19.1. The van der Waals surface area contributed by atoms with Crippen LogP contribution in [0.25, 0.3) is 11.1 Å². The van der Waals surface area contributed by atoms with Crippen LogP contribution >= 0.6 is 0 Å². The fourth-order valence-corrected chi connectivity index (χ4v) is 5.94. The van der Waals surface area contributed by atoms with Crippen molar-refractivity contribution in [2.24, 2.45) is 11.3 Å². The van der Waals surface area contributed by atoms with Crippen molar-refractivity contribution in [3.8, 4) is 17.2 Å². The Bertz CT molecular complexity index is 1300. The third kappa shape index (κ3) is 3.13. The monoisotopic (exact) mass is 443 g/mol. The molecule has 0 radical (unpaired) electrons. The molecular formula is C26H24FN4O2+. The van der Waals surface area contributed by atoms with E-state index in [1.165, 1.54) is 11.6 Å². The summed E-state index contributed by atoms with van der Waals surface area (Å²) in [7, 11) is 0. The van der Waals surface area contributed by atoms with Crippen molar-refractivity contribution in [3.05, 3.63) is 70.6 Å². The zero-order chi connectivity index (χ0) is 22.9. The summed E-state index contributed by atoms with van der Waals surface area (Å²) >= 11 is 0. The highest BCUT2D eigenvalue weighted by Crippen LogP contribution is 2.63. The van der Waals surface area contributed by atoms with Crippen molar-refractivity contribution in [2.45, 2.75) is 44.4 Å². The maximum absolute atomic E-state index is 14.9. The number of nitriles is 1. The van der Waals surface area contributed by atoms with Gasteiger partial charge in [-0.3, -0.25) is 15.4 Å². The van der Waals surface area contributed by atoms with Crippen LogP contribution in [0.3, 0.4) is 0 Å². The third-order valence-electron chi connectivity index (χ3n) is 7.86. The molecule has 0 aromatic heterocycles. The molecule has 166 valence electrons. The number of rotatable bonds is 5. The SMILES string of the molecule is CC12C=C1[C@@H]1C[C@H]2[C@@H](C(=O)N[C@H](C#N)Cc2ccc(-c3ccc4c(c3)C[NH2+]C4=O)cc2F)N1. The van der Waals surface area contributed by atoms with Crippen LogP contribution in [0.5, 0.6) is 0 Å². The minimum Gasteiger partial charge on any atom is -0.339 e. The van der Waals surface area contributed by atoms with Crippen LogP contribution in [0.1, 0.15) is 34.8 Å². The van der Waals surface area contributed by atoms with Crippen LogP contribution in [0.15, 0.2) is 48.0 Å². The zero-order valence-corrected chi connectivity index (χ0v) is 18.2. The number of halogens is 1. The number of carbonyl (C=O) groups is 2.